The zero-order valence-electron chi connectivity index (χ0n) is 11.2. The fourth-order valence-electron chi connectivity index (χ4n) is 2.33. The molecule has 0 unspecified atom stereocenters. The molecule has 1 heterocycles. The van der Waals surface area contributed by atoms with Gasteiger partial charge >= 0.3 is 0 Å². The van der Waals surface area contributed by atoms with Crippen LogP contribution in [0.2, 0.25) is 0 Å². The predicted molar refractivity (Wildman–Crippen MR) is 83.1 cm³/mol. The van der Waals surface area contributed by atoms with Crippen LogP contribution < -0.4 is 10.1 Å². The Morgan fingerprint density at radius 2 is 1.95 bits per heavy atom. The van der Waals surface area contributed by atoms with Crippen molar-refractivity contribution in [2.45, 2.75) is 0 Å². The highest BCUT2D eigenvalue weighted by Gasteiger charge is 2.09. The van der Waals surface area contributed by atoms with Crippen LogP contribution in [-0.4, -0.2) is 18.6 Å². The number of pyridine rings is 1. The average molecular weight is 262 g/mol. The van der Waals surface area contributed by atoms with Crippen LogP contribution in [0, 0.1) is 12.3 Å². The second-order valence-corrected chi connectivity index (χ2v) is 4.44. The summed E-state index contributed by atoms with van der Waals surface area (Å²) < 4.78 is 5.30. The summed E-state index contributed by atoms with van der Waals surface area (Å²) in [6, 6.07) is 13.9. The highest BCUT2D eigenvalue weighted by Crippen LogP contribution is 2.32. The van der Waals surface area contributed by atoms with Crippen LogP contribution in [0.1, 0.15) is 0 Å². The number of ether oxygens (including phenoxy) is 1. The summed E-state index contributed by atoms with van der Waals surface area (Å²) in [5.41, 5.74) is 2.87. The van der Waals surface area contributed by atoms with Crippen molar-refractivity contribution in [2.24, 2.45) is 0 Å². The Morgan fingerprint density at radius 3 is 2.75 bits per heavy atom. The maximum Gasteiger partial charge on any atom is 0.119 e. The lowest BCUT2D eigenvalue weighted by atomic mass is 10.1. The number of methoxy groups -OCH3 is 1. The van der Waals surface area contributed by atoms with E-state index in [0.29, 0.717) is 6.54 Å². The van der Waals surface area contributed by atoms with Crippen LogP contribution in [0.3, 0.4) is 0 Å². The van der Waals surface area contributed by atoms with Crippen LogP contribution in [0.25, 0.3) is 21.8 Å². The Balaban J connectivity index is 2.36. The van der Waals surface area contributed by atoms with Crippen LogP contribution in [0.5, 0.6) is 5.75 Å². The lowest BCUT2D eigenvalue weighted by molar-refractivity contribution is 0.415. The summed E-state index contributed by atoms with van der Waals surface area (Å²) in [5, 5.41) is 5.37. The Hall–Kier alpha value is -2.73. The minimum atomic E-state index is 0.473. The number of nitrogens with zero attached hydrogens (tertiary/aromatic N) is 1. The summed E-state index contributed by atoms with van der Waals surface area (Å²) in [6.45, 7) is 0.473. The fraction of sp³-hybridized carbons (Fsp3) is 0.118. The van der Waals surface area contributed by atoms with Crippen molar-refractivity contribution in [3.05, 3.63) is 42.5 Å². The van der Waals surface area contributed by atoms with E-state index in [2.05, 4.69) is 16.2 Å². The van der Waals surface area contributed by atoms with Crippen LogP contribution in [-0.2, 0) is 0 Å². The summed E-state index contributed by atoms with van der Waals surface area (Å²) in [7, 11) is 1.66. The number of aromatic nitrogens is 1. The zero-order chi connectivity index (χ0) is 13.9. The van der Waals surface area contributed by atoms with Gasteiger partial charge in [0, 0.05) is 10.8 Å². The molecule has 3 aromatic rings. The van der Waals surface area contributed by atoms with Gasteiger partial charge in [0.1, 0.15) is 5.75 Å². The monoisotopic (exact) mass is 262 g/mol. The molecule has 0 radical (unpaired) electrons. The van der Waals surface area contributed by atoms with Crippen molar-refractivity contribution in [3.63, 3.8) is 0 Å². The van der Waals surface area contributed by atoms with E-state index in [9.17, 15) is 0 Å². The third-order valence-corrected chi connectivity index (χ3v) is 3.25. The van der Waals surface area contributed by atoms with Gasteiger partial charge in [-0.1, -0.05) is 24.1 Å². The minimum Gasteiger partial charge on any atom is -0.497 e. The third-order valence-electron chi connectivity index (χ3n) is 3.25. The molecule has 3 heteroatoms. The Labute approximate surface area is 117 Å². The van der Waals surface area contributed by atoms with Gasteiger partial charge in [-0.05, 0) is 24.3 Å². The Morgan fingerprint density at radius 1 is 1.15 bits per heavy atom. The summed E-state index contributed by atoms with van der Waals surface area (Å²) in [5.74, 6) is 3.42. The quantitative estimate of drug-likeness (QED) is 0.580. The van der Waals surface area contributed by atoms with Gasteiger partial charge in [0.05, 0.1) is 30.4 Å². The van der Waals surface area contributed by atoms with Gasteiger partial charge in [-0.15, -0.1) is 6.42 Å². The molecule has 0 aliphatic carbocycles. The molecule has 0 amide bonds. The Kier molecular flexibility index (Phi) is 3.14. The van der Waals surface area contributed by atoms with E-state index in [1.807, 2.05) is 42.5 Å². The maximum absolute atomic E-state index is 5.37. The highest BCUT2D eigenvalue weighted by molar-refractivity contribution is 6.07. The molecule has 2 aromatic carbocycles. The number of nitrogens with one attached hydrogen (secondary N) is 1. The van der Waals surface area contributed by atoms with Crippen LogP contribution >= 0.6 is 0 Å². The van der Waals surface area contributed by atoms with Crippen LogP contribution in [0.15, 0.2) is 42.5 Å². The highest BCUT2D eigenvalue weighted by atomic mass is 16.5. The molecule has 3 nitrogen and oxygen atoms in total. The molecule has 98 valence electrons. The van der Waals surface area contributed by atoms with Gasteiger partial charge in [0.25, 0.3) is 0 Å². The van der Waals surface area contributed by atoms with Gasteiger partial charge in [-0.2, -0.15) is 0 Å². The molecule has 1 N–H and O–H groups in total. The second kappa shape index (κ2) is 5.10. The van der Waals surface area contributed by atoms with Crippen molar-refractivity contribution >= 4 is 27.5 Å². The lowest BCUT2D eigenvalue weighted by Crippen LogP contribution is -2.01. The summed E-state index contributed by atoms with van der Waals surface area (Å²) in [4.78, 5) is 4.67. The Bertz CT molecular complexity index is 818. The normalized spacial score (nSPS) is 10.4. The van der Waals surface area contributed by atoms with E-state index in [4.69, 9.17) is 11.2 Å². The first-order valence-electron chi connectivity index (χ1n) is 6.37. The first-order valence-corrected chi connectivity index (χ1v) is 6.37. The van der Waals surface area contributed by atoms with E-state index < -0.39 is 0 Å². The van der Waals surface area contributed by atoms with E-state index in [1.54, 1.807) is 7.11 Å². The molecule has 0 spiro atoms. The molecule has 0 saturated heterocycles. The number of hydrogen-bond acceptors (Lipinski definition) is 3. The van der Waals surface area contributed by atoms with Gasteiger partial charge in [0.2, 0.25) is 0 Å². The molecular weight excluding hydrogens is 248 g/mol. The molecule has 3 rings (SSSR count). The molecule has 20 heavy (non-hydrogen) atoms. The number of hydrogen-bond donors (Lipinski definition) is 1. The number of para-hydroxylation sites is 1. The van der Waals surface area contributed by atoms with Crippen molar-refractivity contribution in [1.29, 1.82) is 0 Å². The number of rotatable bonds is 3. The van der Waals surface area contributed by atoms with E-state index >= 15 is 0 Å². The summed E-state index contributed by atoms with van der Waals surface area (Å²) >= 11 is 0. The standard InChI is InChI=1S/C17H14N2O/c1-3-10-18-17-13-6-4-5-7-15(13)19-16-9-8-12(20-2)11-14(16)17/h1,4-9,11H,10H2,2H3,(H,18,19). The molecule has 1 aromatic heterocycles. The number of fused-ring (bicyclic) bond motifs is 2. The SMILES string of the molecule is C#CCNc1c2ccccc2nc2ccc(OC)cc12. The largest absolute Gasteiger partial charge is 0.497 e. The fourth-order valence-corrected chi connectivity index (χ4v) is 2.33. The third kappa shape index (κ3) is 2.02. The van der Waals surface area contributed by atoms with E-state index in [1.165, 1.54) is 0 Å². The van der Waals surface area contributed by atoms with Gasteiger partial charge in [0.15, 0.2) is 0 Å². The molecule has 0 aliphatic rings. The van der Waals surface area contributed by atoms with Gasteiger partial charge in [-0.25, -0.2) is 4.98 Å². The number of anilines is 1. The number of terminal acetylenes is 1. The number of benzene rings is 2. The van der Waals surface area contributed by atoms with E-state index in [-0.39, 0.29) is 0 Å². The molecule has 0 atom stereocenters. The molecule has 0 aliphatic heterocycles. The van der Waals surface area contributed by atoms with Gasteiger partial charge in [-0.3, -0.25) is 0 Å². The second-order valence-electron chi connectivity index (χ2n) is 4.44. The average Bonchev–Trinajstić information content (AvgIpc) is 2.51. The van der Waals surface area contributed by atoms with Crippen molar-refractivity contribution in [3.8, 4) is 18.1 Å². The van der Waals surface area contributed by atoms with E-state index in [0.717, 1.165) is 33.2 Å². The summed E-state index contributed by atoms with van der Waals surface area (Å²) in [6.07, 6.45) is 5.37. The van der Waals surface area contributed by atoms with Crippen molar-refractivity contribution < 1.29 is 4.74 Å². The smallest absolute Gasteiger partial charge is 0.119 e. The first-order chi connectivity index (χ1) is 9.83. The molecule has 0 saturated carbocycles. The topological polar surface area (TPSA) is 34.2 Å². The lowest BCUT2D eigenvalue weighted by Gasteiger charge is -2.12. The molecular formula is C17H14N2O. The van der Waals surface area contributed by atoms with Crippen molar-refractivity contribution in [2.75, 3.05) is 19.0 Å². The van der Waals surface area contributed by atoms with Crippen LogP contribution in [0.4, 0.5) is 5.69 Å². The van der Waals surface area contributed by atoms with Crippen molar-refractivity contribution in [1.82, 2.24) is 4.98 Å². The molecule has 0 bridgehead atoms. The minimum absolute atomic E-state index is 0.473. The predicted octanol–water partition coefficient (Wildman–Crippen LogP) is 3.44. The zero-order valence-corrected chi connectivity index (χ0v) is 11.2. The van der Waals surface area contributed by atoms with Gasteiger partial charge < -0.3 is 10.1 Å². The first kappa shape index (κ1) is 12.3. The molecule has 0 fully saturated rings. The maximum atomic E-state index is 5.37.